The average Bonchev–Trinajstić information content (AvgIpc) is 3.29. The van der Waals surface area contributed by atoms with Crippen molar-refractivity contribution in [3.8, 4) is 0 Å². The number of nitrogens with one attached hydrogen (secondary N) is 2. The number of amides is 3. The van der Waals surface area contributed by atoms with Gasteiger partial charge < -0.3 is 16.0 Å². The molecule has 4 N–H and O–H groups in total. The molecule has 3 amide bonds. The first kappa shape index (κ1) is 17.8. The first-order valence-corrected chi connectivity index (χ1v) is 10.2. The number of piperidine rings is 1. The lowest BCUT2D eigenvalue weighted by Crippen LogP contribution is -2.52. The maximum Gasteiger partial charge on any atom is 0.255 e. The summed E-state index contributed by atoms with van der Waals surface area (Å²) in [6.45, 7) is 1.78. The number of hydrogen-bond acceptors (Lipinski definition) is 5. The molecule has 2 aliphatic heterocycles. The van der Waals surface area contributed by atoms with Gasteiger partial charge in [-0.25, -0.2) is 0 Å². The van der Waals surface area contributed by atoms with Gasteiger partial charge in [-0.05, 0) is 54.7 Å². The van der Waals surface area contributed by atoms with E-state index in [1.807, 2.05) is 18.2 Å². The Bertz CT molecular complexity index is 861. The summed E-state index contributed by atoms with van der Waals surface area (Å²) in [6.07, 6.45) is 4.27. The number of rotatable bonds is 5. The monoisotopic (exact) mass is 382 g/mol. The van der Waals surface area contributed by atoms with Gasteiger partial charge in [0.15, 0.2) is 0 Å². The van der Waals surface area contributed by atoms with E-state index in [2.05, 4.69) is 10.6 Å². The van der Waals surface area contributed by atoms with Crippen LogP contribution in [0.5, 0.6) is 0 Å². The quantitative estimate of drug-likeness (QED) is 0.649. The van der Waals surface area contributed by atoms with Crippen LogP contribution in [0.25, 0.3) is 0 Å². The van der Waals surface area contributed by atoms with Gasteiger partial charge in [0.05, 0.1) is 0 Å². The summed E-state index contributed by atoms with van der Waals surface area (Å²) in [6, 6.07) is 5.77. The van der Waals surface area contributed by atoms with Gasteiger partial charge in [0.25, 0.3) is 5.91 Å². The minimum absolute atomic E-state index is 0.105. The van der Waals surface area contributed by atoms with E-state index >= 15 is 0 Å². The van der Waals surface area contributed by atoms with Crippen LogP contribution in [0.15, 0.2) is 18.2 Å². The molecule has 5 aliphatic rings. The number of nitrogens with zero attached hydrogens (tertiary/aromatic N) is 1. The van der Waals surface area contributed by atoms with Gasteiger partial charge in [-0.15, -0.1) is 0 Å². The van der Waals surface area contributed by atoms with Crippen LogP contribution in [0.2, 0.25) is 0 Å². The van der Waals surface area contributed by atoms with Crippen LogP contribution in [0.3, 0.4) is 0 Å². The van der Waals surface area contributed by atoms with Crippen molar-refractivity contribution in [1.29, 1.82) is 0 Å². The summed E-state index contributed by atoms with van der Waals surface area (Å²) in [5, 5.41) is 6.02. The minimum atomic E-state index is -0.569. The number of hydrogen-bond donors (Lipinski definition) is 3. The van der Waals surface area contributed by atoms with Crippen molar-refractivity contribution in [2.24, 2.45) is 17.1 Å². The third kappa shape index (κ3) is 2.60. The zero-order chi connectivity index (χ0) is 19.5. The second-order valence-corrected chi connectivity index (χ2v) is 8.86. The predicted octanol–water partition coefficient (Wildman–Crippen LogP) is 0.665. The third-order valence-corrected chi connectivity index (χ3v) is 7.28. The SMILES string of the molecule is NCC12CC(CC1NCc1cccc3c1C(=O)N(C1CCC(=O)NC1=O)C3)C2. The molecule has 6 rings (SSSR count). The lowest BCUT2D eigenvalue weighted by molar-refractivity contribution is -0.136. The normalized spacial score (nSPS) is 33.7. The molecule has 3 saturated carbocycles. The standard InChI is InChI=1S/C21H26N4O3/c22-11-21-7-12(8-21)6-16(21)23-9-13-2-1-3-14-10-25(20(28)18(13)14)15-4-5-17(26)24-19(15)27/h1-3,12,15-16,23H,4-11,22H2,(H,24,26,27). The Kier molecular flexibility index (Phi) is 4.07. The predicted molar refractivity (Wildman–Crippen MR) is 102 cm³/mol. The maximum atomic E-state index is 13.1. The number of fused-ring (bicyclic) bond motifs is 2. The summed E-state index contributed by atoms with van der Waals surface area (Å²) < 4.78 is 0. The largest absolute Gasteiger partial charge is 0.330 e. The molecule has 3 aliphatic carbocycles. The Hall–Kier alpha value is -2.25. The average molecular weight is 382 g/mol. The first-order chi connectivity index (χ1) is 13.5. The fourth-order valence-corrected chi connectivity index (χ4v) is 5.80. The molecule has 2 unspecified atom stereocenters. The molecule has 148 valence electrons. The van der Waals surface area contributed by atoms with Crippen LogP contribution in [-0.2, 0) is 22.7 Å². The van der Waals surface area contributed by atoms with Crippen molar-refractivity contribution in [2.45, 2.75) is 57.3 Å². The molecule has 0 spiro atoms. The maximum absolute atomic E-state index is 13.1. The summed E-state index contributed by atoms with van der Waals surface area (Å²) in [4.78, 5) is 38.4. The van der Waals surface area contributed by atoms with Crippen LogP contribution in [-0.4, -0.2) is 41.2 Å². The van der Waals surface area contributed by atoms with E-state index < -0.39 is 6.04 Å². The van der Waals surface area contributed by atoms with E-state index in [9.17, 15) is 14.4 Å². The second kappa shape index (κ2) is 6.39. The summed E-state index contributed by atoms with van der Waals surface area (Å²) in [5.74, 6) is 0.0603. The van der Waals surface area contributed by atoms with Gasteiger partial charge in [-0.3, -0.25) is 19.7 Å². The van der Waals surface area contributed by atoms with E-state index in [1.54, 1.807) is 4.90 Å². The molecule has 1 aromatic carbocycles. The molecule has 2 heterocycles. The van der Waals surface area contributed by atoms with Gasteiger partial charge in [0.1, 0.15) is 6.04 Å². The minimum Gasteiger partial charge on any atom is -0.330 e. The molecule has 7 heteroatoms. The molecular weight excluding hydrogens is 356 g/mol. The van der Waals surface area contributed by atoms with Gasteiger partial charge in [-0.1, -0.05) is 18.2 Å². The Morgan fingerprint density at radius 3 is 2.82 bits per heavy atom. The Morgan fingerprint density at radius 2 is 2.07 bits per heavy atom. The second-order valence-electron chi connectivity index (χ2n) is 8.86. The molecule has 4 fully saturated rings. The van der Waals surface area contributed by atoms with E-state index in [-0.39, 0.29) is 29.6 Å². The lowest BCUT2D eigenvalue weighted by Gasteiger charge is -2.40. The van der Waals surface area contributed by atoms with Gasteiger partial charge in [0, 0.05) is 31.1 Å². The summed E-state index contributed by atoms with van der Waals surface area (Å²) in [7, 11) is 0. The molecule has 1 aromatic rings. The van der Waals surface area contributed by atoms with Crippen molar-refractivity contribution in [2.75, 3.05) is 6.54 Å². The van der Waals surface area contributed by atoms with Crippen LogP contribution in [0.1, 0.15) is 53.6 Å². The molecule has 0 radical (unpaired) electrons. The van der Waals surface area contributed by atoms with Crippen LogP contribution in [0, 0.1) is 11.3 Å². The van der Waals surface area contributed by atoms with Crippen LogP contribution < -0.4 is 16.4 Å². The van der Waals surface area contributed by atoms with Crippen LogP contribution in [0.4, 0.5) is 0 Å². The molecule has 28 heavy (non-hydrogen) atoms. The Labute approximate surface area is 164 Å². The van der Waals surface area contributed by atoms with Crippen molar-refractivity contribution < 1.29 is 14.4 Å². The highest BCUT2D eigenvalue weighted by molar-refractivity contribution is 6.05. The number of nitrogens with two attached hydrogens (primary N) is 1. The molecule has 1 saturated heterocycles. The number of imide groups is 1. The number of carbonyl (C=O) groups excluding carboxylic acids is 3. The van der Waals surface area contributed by atoms with Crippen molar-refractivity contribution in [3.63, 3.8) is 0 Å². The van der Waals surface area contributed by atoms with E-state index in [4.69, 9.17) is 5.73 Å². The number of benzene rings is 1. The molecular formula is C21H26N4O3. The highest BCUT2D eigenvalue weighted by Gasteiger charge is 2.55. The Balaban J connectivity index is 1.33. The third-order valence-electron chi connectivity index (χ3n) is 7.28. The fraction of sp³-hybridized carbons (Fsp3) is 0.571. The zero-order valence-electron chi connectivity index (χ0n) is 15.9. The van der Waals surface area contributed by atoms with E-state index in [0.717, 1.165) is 23.6 Å². The first-order valence-electron chi connectivity index (χ1n) is 10.2. The molecule has 7 nitrogen and oxygen atoms in total. The van der Waals surface area contributed by atoms with Gasteiger partial charge in [-0.2, -0.15) is 0 Å². The lowest BCUT2D eigenvalue weighted by atomic mass is 9.68. The molecule has 2 atom stereocenters. The highest BCUT2D eigenvalue weighted by atomic mass is 16.2. The summed E-state index contributed by atoms with van der Waals surface area (Å²) >= 11 is 0. The smallest absolute Gasteiger partial charge is 0.255 e. The van der Waals surface area contributed by atoms with E-state index in [1.165, 1.54) is 19.3 Å². The Morgan fingerprint density at radius 1 is 1.25 bits per heavy atom. The van der Waals surface area contributed by atoms with Crippen molar-refractivity contribution in [3.05, 3.63) is 34.9 Å². The van der Waals surface area contributed by atoms with Crippen molar-refractivity contribution in [1.82, 2.24) is 15.5 Å². The number of carbonyl (C=O) groups is 3. The van der Waals surface area contributed by atoms with Gasteiger partial charge in [0.2, 0.25) is 11.8 Å². The van der Waals surface area contributed by atoms with Crippen molar-refractivity contribution >= 4 is 17.7 Å². The molecule has 2 bridgehead atoms. The molecule has 0 aromatic heterocycles. The summed E-state index contributed by atoms with van der Waals surface area (Å²) in [5.41, 5.74) is 8.93. The van der Waals surface area contributed by atoms with Gasteiger partial charge >= 0.3 is 0 Å². The van der Waals surface area contributed by atoms with E-state index in [0.29, 0.717) is 31.1 Å². The fourth-order valence-electron chi connectivity index (χ4n) is 5.80. The highest BCUT2D eigenvalue weighted by Crippen LogP contribution is 2.58. The zero-order valence-corrected chi connectivity index (χ0v) is 15.9. The van der Waals surface area contributed by atoms with Crippen LogP contribution >= 0.6 is 0 Å². The topological polar surface area (TPSA) is 105 Å².